The van der Waals surface area contributed by atoms with Crippen molar-refractivity contribution in [2.45, 2.75) is 39.3 Å². The molecule has 3 rings (SSSR count). The third kappa shape index (κ3) is 6.39. The summed E-state index contributed by atoms with van der Waals surface area (Å²) < 4.78 is 5.37. The van der Waals surface area contributed by atoms with Gasteiger partial charge in [0.05, 0.1) is 28.3 Å². The van der Waals surface area contributed by atoms with E-state index < -0.39 is 12.0 Å². The Morgan fingerprint density at radius 3 is 2.43 bits per heavy atom. The Hall–Kier alpha value is -2.49. The molecule has 9 nitrogen and oxygen atoms in total. The van der Waals surface area contributed by atoms with Crippen LogP contribution in [0.15, 0.2) is 29.5 Å². The van der Waals surface area contributed by atoms with Gasteiger partial charge in [-0.05, 0) is 39.3 Å². The number of nitrogens with zero attached hydrogens (tertiary/aromatic N) is 3. The van der Waals surface area contributed by atoms with E-state index in [0.29, 0.717) is 54.6 Å². The minimum Gasteiger partial charge on any atom is -0.463 e. The van der Waals surface area contributed by atoms with Gasteiger partial charge in [-0.25, -0.2) is 14.4 Å². The first-order chi connectivity index (χ1) is 16.4. The van der Waals surface area contributed by atoms with Crippen molar-refractivity contribution in [1.82, 2.24) is 25.3 Å². The number of esters is 1. The standard InChI is InChI=1S/C24H33Cl2N5O4/c1-6-35-21(32)18-17(14-30-10-12-31(13-11-30)23(34)28-24(2,3)4)29(5)22(33)27-20(18)15-8-7-9-16(25)19(15)26/h7-9,20H,6,10-14H2,1-5H3,(H,27,33)(H,28,34)/t20-/m1/s1. The molecule has 2 N–H and O–H groups in total. The second-order valence-corrected chi connectivity index (χ2v) is 10.4. The molecule has 1 aromatic rings. The third-order valence-corrected chi connectivity index (χ3v) is 6.71. The SMILES string of the molecule is CCOC(=O)C1=C(CN2CCN(C(=O)NC(C)(C)C)CC2)N(C)C(=O)N[C@@H]1c1cccc(Cl)c1Cl. The fourth-order valence-corrected chi connectivity index (χ4v) is 4.51. The summed E-state index contributed by atoms with van der Waals surface area (Å²) in [6, 6.07) is 3.82. The Morgan fingerprint density at radius 1 is 1.17 bits per heavy atom. The van der Waals surface area contributed by atoms with Crippen molar-refractivity contribution in [3.05, 3.63) is 45.1 Å². The van der Waals surface area contributed by atoms with E-state index in [1.54, 1.807) is 37.1 Å². The normalized spacial score (nSPS) is 19.5. The Bertz CT molecular complexity index is 1020. The molecule has 35 heavy (non-hydrogen) atoms. The van der Waals surface area contributed by atoms with Gasteiger partial charge in [0.15, 0.2) is 0 Å². The van der Waals surface area contributed by atoms with Gasteiger partial charge in [0.2, 0.25) is 0 Å². The van der Waals surface area contributed by atoms with Crippen LogP contribution in [0.3, 0.4) is 0 Å². The van der Waals surface area contributed by atoms with Crippen LogP contribution < -0.4 is 10.6 Å². The van der Waals surface area contributed by atoms with Crippen molar-refractivity contribution in [3.8, 4) is 0 Å². The van der Waals surface area contributed by atoms with E-state index in [1.807, 2.05) is 20.8 Å². The Kier molecular flexibility index (Phi) is 8.56. The van der Waals surface area contributed by atoms with E-state index in [0.717, 1.165) is 0 Å². The molecule has 2 aliphatic rings. The number of hydrogen-bond acceptors (Lipinski definition) is 5. The zero-order valence-electron chi connectivity index (χ0n) is 20.8. The first-order valence-electron chi connectivity index (χ1n) is 11.6. The monoisotopic (exact) mass is 525 g/mol. The largest absolute Gasteiger partial charge is 0.463 e. The number of urea groups is 2. The van der Waals surface area contributed by atoms with Gasteiger partial charge in [0.1, 0.15) is 0 Å². The number of benzene rings is 1. The first-order valence-corrected chi connectivity index (χ1v) is 12.4. The second kappa shape index (κ2) is 11.1. The molecular formula is C24H33Cl2N5O4. The molecule has 0 spiro atoms. The third-order valence-electron chi connectivity index (χ3n) is 5.88. The zero-order valence-corrected chi connectivity index (χ0v) is 22.3. The average Bonchev–Trinajstić information content (AvgIpc) is 2.78. The summed E-state index contributed by atoms with van der Waals surface area (Å²) in [6.45, 7) is 10.3. The summed E-state index contributed by atoms with van der Waals surface area (Å²) in [5.74, 6) is -0.529. The quantitative estimate of drug-likeness (QED) is 0.572. The van der Waals surface area contributed by atoms with Gasteiger partial charge in [0, 0.05) is 51.0 Å². The number of ether oxygens (including phenoxy) is 1. The molecule has 0 unspecified atom stereocenters. The van der Waals surface area contributed by atoms with Gasteiger partial charge in [-0.15, -0.1) is 0 Å². The molecular weight excluding hydrogens is 493 g/mol. The molecule has 1 fully saturated rings. The number of halogens is 2. The molecule has 1 atom stereocenters. The first kappa shape index (κ1) is 27.1. The molecule has 2 heterocycles. The van der Waals surface area contributed by atoms with Crippen molar-refractivity contribution >= 4 is 41.2 Å². The number of rotatable bonds is 5. The molecule has 0 saturated carbocycles. The van der Waals surface area contributed by atoms with Crippen LogP contribution in [0.1, 0.15) is 39.3 Å². The van der Waals surface area contributed by atoms with Crippen molar-refractivity contribution in [2.75, 3.05) is 46.4 Å². The predicted molar refractivity (Wildman–Crippen MR) is 135 cm³/mol. The molecule has 1 aromatic carbocycles. The van der Waals surface area contributed by atoms with E-state index >= 15 is 0 Å². The van der Waals surface area contributed by atoms with Crippen molar-refractivity contribution < 1.29 is 19.1 Å². The number of carbonyl (C=O) groups excluding carboxylic acids is 3. The smallest absolute Gasteiger partial charge is 0.338 e. The lowest BCUT2D eigenvalue weighted by Gasteiger charge is -2.40. The molecule has 0 aromatic heterocycles. The fraction of sp³-hybridized carbons (Fsp3) is 0.542. The van der Waals surface area contributed by atoms with Crippen LogP contribution >= 0.6 is 23.2 Å². The summed E-state index contributed by atoms with van der Waals surface area (Å²) >= 11 is 12.7. The van der Waals surface area contributed by atoms with Gasteiger partial charge < -0.3 is 20.3 Å². The highest BCUT2D eigenvalue weighted by atomic mass is 35.5. The number of nitrogens with one attached hydrogen (secondary N) is 2. The summed E-state index contributed by atoms with van der Waals surface area (Å²) in [5.41, 5.74) is 1.04. The summed E-state index contributed by atoms with van der Waals surface area (Å²) in [5, 5.41) is 6.43. The van der Waals surface area contributed by atoms with E-state index in [2.05, 4.69) is 15.5 Å². The second-order valence-electron chi connectivity index (χ2n) is 9.61. The van der Waals surface area contributed by atoms with Crippen LogP contribution in [-0.2, 0) is 9.53 Å². The molecule has 2 aliphatic heterocycles. The lowest BCUT2D eigenvalue weighted by atomic mass is 9.94. The summed E-state index contributed by atoms with van der Waals surface area (Å²) in [7, 11) is 1.62. The minimum atomic E-state index is -0.808. The molecule has 192 valence electrons. The Morgan fingerprint density at radius 2 is 1.83 bits per heavy atom. The van der Waals surface area contributed by atoms with Crippen LogP contribution in [0.4, 0.5) is 9.59 Å². The van der Waals surface area contributed by atoms with Gasteiger partial charge in [0.25, 0.3) is 0 Å². The molecule has 11 heteroatoms. The maximum atomic E-state index is 13.1. The topological polar surface area (TPSA) is 94.2 Å². The molecule has 1 saturated heterocycles. The van der Waals surface area contributed by atoms with Gasteiger partial charge in [-0.1, -0.05) is 35.3 Å². The van der Waals surface area contributed by atoms with Crippen LogP contribution in [-0.4, -0.2) is 84.6 Å². The van der Waals surface area contributed by atoms with Crippen molar-refractivity contribution in [2.24, 2.45) is 0 Å². The molecule has 0 bridgehead atoms. The van der Waals surface area contributed by atoms with Crippen LogP contribution in [0.2, 0.25) is 10.0 Å². The van der Waals surface area contributed by atoms with Crippen LogP contribution in [0, 0.1) is 0 Å². The number of carbonyl (C=O) groups is 3. The number of amides is 4. The van der Waals surface area contributed by atoms with Gasteiger partial charge in [-0.2, -0.15) is 0 Å². The Labute approximate surface area is 216 Å². The lowest BCUT2D eigenvalue weighted by Crippen LogP contribution is -2.56. The highest BCUT2D eigenvalue weighted by Gasteiger charge is 2.39. The van der Waals surface area contributed by atoms with E-state index in [4.69, 9.17) is 27.9 Å². The predicted octanol–water partition coefficient (Wildman–Crippen LogP) is 3.63. The van der Waals surface area contributed by atoms with E-state index in [1.165, 1.54) is 4.90 Å². The fourth-order valence-electron chi connectivity index (χ4n) is 4.10. The van der Waals surface area contributed by atoms with E-state index in [9.17, 15) is 14.4 Å². The number of likely N-dealkylation sites (N-methyl/N-ethyl adjacent to an activating group) is 1. The molecule has 0 radical (unpaired) electrons. The maximum Gasteiger partial charge on any atom is 0.338 e. The average molecular weight is 526 g/mol. The minimum absolute atomic E-state index is 0.103. The lowest BCUT2D eigenvalue weighted by molar-refractivity contribution is -0.139. The van der Waals surface area contributed by atoms with Crippen molar-refractivity contribution in [3.63, 3.8) is 0 Å². The number of piperazine rings is 1. The van der Waals surface area contributed by atoms with Crippen LogP contribution in [0.25, 0.3) is 0 Å². The Balaban J connectivity index is 1.89. The van der Waals surface area contributed by atoms with Crippen LogP contribution in [0.5, 0.6) is 0 Å². The highest BCUT2D eigenvalue weighted by molar-refractivity contribution is 6.42. The van der Waals surface area contributed by atoms with Gasteiger partial charge in [-0.3, -0.25) is 9.80 Å². The maximum absolute atomic E-state index is 13.1. The molecule has 4 amide bonds. The van der Waals surface area contributed by atoms with E-state index in [-0.39, 0.29) is 29.2 Å². The highest BCUT2D eigenvalue weighted by Crippen LogP contribution is 2.37. The summed E-state index contributed by atoms with van der Waals surface area (Å²) in [6.07, 6.45) is 0. The van der Waals surface area contributed by atoms with Crippen molar-refractivity contribution in [1.29, 1.82) is 0 Å². The van der Waals surface area contributed by atoms with Gasteiger partial charge >= 0.3 is 18.0 Å². The summed E-state index contributed by atoms with van der Waals surface area (Å²) in [4.78, 5) is 43.9. The number of hydrogen-bond donors (Lipinski definition) is 2. The zero-order chi connectivity index (χ0) is 25.9. The molecule has 0 aliphatic carbocycles.